The van der Waals surface area contributed by atoms with Gasteiger partial charge in [-0.05, 0) is 29.8 Å². The Morgan fingerprint density at radius 1 is 1.19 bits per heavy atom. The predicted octanol–water partition coefficient (Wildman–Crippen LogP) is 4.97. The van der Waals surface area contributed by atoms with E-state index >= 15 is 0 Å². The second-order valence-corrected chi connectivity index (χ2v) is 4.73. The molecule has 0 N–H and O–H groups in total. The third-order valence-corrected chi connectivity index (χ3v) is 3.17. The molecule has 2 aromatic carbocycles. The lowest BCUT2D eigenvalue weighted by Crippen LogP contribution is -1.92. The summed E-state index contributed by atoms with van der Waals surface area (Å²) in [5.74, 6) is 0.767. The van der Waals surface area contributed by atoms with Crippen LogP contribution in [0.1, 0.15) is 11.1 Å². The van der Waals surface area contributed by atoms with Crippen molar-refractivity contribution < 1.29 is 4.74 Å². The van der Waals surface area contributed by atoms with Crippen molar-refractivity contribution >= 4 is 23.3 Å². The van der Waals surface area contributed by atoms with Crippen LogP contribution >= 0.6 is 11.6 Å². The Bertz CT molecular complexity index is 696. The van der Waals surface area contributed by atoms with E-state index in [1.807, 2.05) is 42.5 Å². The van der Waals surface area contributed by atoms with Crippen LogP contribution in [0.4, 0.5) is 0 Å². The van der Waals surface area contributed by atoms with Gasteiger partial charge in [0.1, 0.15) is 12.4 Å². The average molecular weight is 296 g/mol. The highest BCUT2D eigenvalue weighted by Crippen LogP contribution is 2.25. The molecule has 0 heterocycles. The summed E-state index contributed by atoms with van der Waals surface area (Å²) in [6.07, 6.45) is 3.50. The van der Waals surface area contributed by atoms with E-state index in [1.165, 1.54) is 0 Å². The topological polar surface area (TPSA) is 33.0 Å². The second kappa shape index (κ2) is 7.33. The Hall–Kier alpha value is -2.50. The number of ether oxygens (including phenoxy) is 1. The molecule has 0 atom stereocenters. The third kappa shape index (κ3) is 3.98. The Morgan fingerprint density at radius 3 is 2.52 bits per heavy atom. The van der Waals surface area contributed by atoms with Crippen LogP contribution in [0.3, 0.4) is 0 Å². The lowest BCUT2D eigenvalue weighted by molar-refractivity contribution is 0.363. The zero-order chi connectivity index (χ0) is 15.1. The van der Waals surface area contributed by atoms with Crippen LogP contribution in [-0.4, -0.2) is 6.61 Å². The first-order valence-electron chi connectivity index (χ1n) is 6.45. The number of rotatable bonds is 5. The van der Waals surface area contributed by atoms with Crippen molar-refractivity contribution in [1.29, 1.82) is 5.26 Å². The minimum absolute atomic E-state index is 0.470. The van der Waals surface area contributed by atoms with Crippen molar-refractivity contribution in [1.82, 2.24) is 0 Å². The lowest BCUT2D eigenvalue weighted by Gasteiger charge is -2.04. The van der Waals surface area contributed by atoms with E-state index in [0.717, 1.165) is 16.9 Å². The van der Waals surface area contributed by atoms with Gasteiger partial charge in [-0.1, -0.05) is 54.6 Å². The van der Waals surface area contributed by atoms with Gasteiger partial charge in [0.05, 0.1) is 11.6 Å². The van der Waals surface area contributed by atoms with Gasteiger partial charge >= 0.3 is 0 Å². The molecule has 0 amide bonds. The fraction of sp³-hybridized carbons (Fsp3) is 0.0556. The minimum atomic E-state index is 0.470. The van der Waals surface area contributed by atoms with Gasteiger partial charge in [0.25, 0.3) is 0 Å². The van der Waals surface area contributed by atoms with Gasteiger partial charge in [-0.2, -0.15) is 5.26 Å². The number of hydrogen-bond donors (Lipinski definition) is 0. The molecule has 21 heavy (non-hydrogen) atoms. The van der Waals surface area contributed by atoms with Crippen molar-refractivity contribution in [3.8, 4) is 11.8 Å². The molecule has 2 rings (SSSR count). The van der Waals surface area contributed by atoms with Gasteiger partial charge in [-0.25, -0.2) is 0 Å². The molecule has 0 fully saturated rings. The van der Waals surface area contributed by atoms with Gasteiger partial charge in [0.2, 0.25) is 0 Å². The van der Waals surface area contributed by atoms with Gasteiger partial charge in [-0.3, -0.25) is 0 Å². The smallest absolute Gasteiger partial charge is 0.119 e. The zero-order valence-electron chi connectivity index (χ0n) is 11.4. The van der Waals surface area contributed by atoms with Crippen molar-refractivity contribution in [2.45, 2.75) is 0 Å². The van der Waals surface area contributed by atoms with E-state index in [9.17, 15) is 5.26 Å². The minimum Gasteiger partial charge on any atom is -0.490 e. The van der Waals surface area contributed by atoms with E-state index in [2.05, 4.69) is 12.6 Å². The van der Waals surface area contributed by atoms with Crippen LogP contribution < -0.4 is 4.74 Å². The molecule has 0 aliphatic heterocycles. The van der Waals surface area contributed by atoms with E-state index in [-0.39, 0.29) is 0 Å². The molecule has 3 heteroatoms. The molecule has 0 radical (unpaired) electrons. The Balaban J connectivity index is 2.27. The van der Waals surface area contributed by atoms with Crippen LogP contribution in [0.2, 0.25) is 5.02 Å². The highest BCUT2D eigenvalue weighted by atomic mass is 35.5. The molecule has 104 valence electrons. The fourth-order valence-corrected chi connectivity index (χ4v) is 2.07. The lowest BCUT2D eigenvalue weighted by atomic mass is 10.0. The van der Waals surface area contributed by atoms with Gasteiger partial charge in [0, 0.05) is 10.6 Å². The number of allylic oxidation sites excluding steroid dienone is 1. The first kappa shape index (κ1) is 14.9. The van der Waals surface area contributed by atoms with Gasteiger partial charge < -0.3 is 4.74 Å². The fourth-order valence-electron chi connectivity index (χ4n) is 1.83. The van der Waals surface area contributed by atoms with Crippen LogP contribution in [0, 0.1) is 11.3 Å². The number of nitriles is 1. The quantitative estimate of drug-likeness (QED) is 0.443. The monoisotopic (exact) mass is 295 g/mol. The molecule has 0 unspecified atom stereocenters. The van der Waals surface area contributed by atoms with Gasteiger partial charge in [-0.15, -0.1) is 0 Å². The molecule has 0 bridgehead atoms. The van der Waals surface area contributed by atoms with Crippen molar-refractivity contribution in [3.63, 3.8) is 0 Å². The summed E-state index contributed by atoms with van der Waals surface area (Å²) >= 11 is 6.13. The first-order chi connectivity index (χ1) is 10.2. The van der Waals surface area contributed by atoms with Crippen molar-refractivity contribution in [2.24, 2.45) is 0 Å². The number of hydrogen-bond acceptors (Lipinski definition) is 2. The normalized spacial score (nSPS) is 10.8. The van der Waals surface area contributed by atoms with Crippen LogP contribution in [0.5, 0.6) is 5.75 Å². The molecule has 0 aliphatic carbocycles. The summed E-state index contributed by atoms with van der Waals surface area (Å²) in [5, 5.41) is 9.89. The summed E-state index contributed by atoms with van der Waals surface area (Å²) < 4.78 is 5.42. The zero-order valence-corrected chi connectivity index (χ0v) is 12.2. The largest absolute Gasteiger partial charge is 0.490 e. The molecule has 0 saturated heterocycles. The summed E-state index contributed by atoms with van der Waals surface area (Å²) in [6, 6.07) is 17.0. The molecule has 0 aliphatic rings. The van der Waals surface area contributed by atoms with E-state index < -0.39 is 0 Å². The van der Waals surface area contributed by atoms with Crippen LogP contribution in [0.25, 0.3) is 11.6 Å². The molecule has 0 spiro atoms. The summed E-state index contributed by atoms with van der Waals surface area (Å²) in [4.78, 5) is 0. The molecule has 0 aromatic heterocycles. The van der Waals surface area contributed by atoms with Crippen LogP contribution in [-0.2, 0) is 0 Å². The third-order valence-electron chi connectivity index (χ3n) is 2.84. The maximum absolute atomic E-state index is 9.32. The second-order valence-electron chi connectivity index (χ2n) is 4.32. The number of nitrogens with zero attached hydrogens (tertiary/aromatic N) is 1. The highest BCUT2D eigenvalue weighted by molar-refractivity contribution is 6.32. The number of halogens is 1. The van der Waals surface area contributed by atoms with E-state index in [1.54, 1.807) is 18.2 Å². The summed E-state index contributed by atoms with van der Waals surface area (Å²) in [7, 11) is 0. The number of benzene rings is 2. The van der Waals surface area contributed by atoms with E-state index in [4.69, 9.17) is 16.3 Å². The van der Waals surface area contributed by atoms with Gasteiger partial charge in [0.15, 0.2) is 0 Å². The summed E-state index contributed by atoms with van der Waals surface area (Å²) in [5.41, 5.74) is 2.17. The summed E-state index contributed by atoms with van der Waals surface area (Å²) in [6.45, 7) is 4.07. The van der Waals surface area contributed by atoms with Crippen molar-refractivity contribution in [3.05, 3.63) is 77.3 Å². The first-order valence-corrected chi connectivity index (χ1v) is 6.83. The Kier molecular flexibility index (Phi) is 5.20. The standard InChI is InChI=1S/C18H14ClNO/c1-2-11-21-16-9-7-14(8-10-16)12-15(13-20)17-5-3-4-6-18(17)19/h2-10,12H,1,11H2. The molecule has 2 aromatic rings. The Morgan fingerprint density at radius 2 is 1.90 bits per heavy atom. The van der Waals surface area contributed by atoms with Crippen molar-refractivity contribution in [2.75, 3.05) is 6.61 Å². The molecular weight excluding hydrogens is 282 g/mol. The maximum Gasteiger partial charge on any atom is 0.119 e. The van der Waals surface area contributed by atoms with E-state index in [0.29, 0.717) is 17.2 Å². The Labute approximate surface area is 129 Å². The predicted molar refractivity (Wildman–Crippen MR) is 87.1 cm³/mol. The van der Waals surface area contributed by atoms with Crippen LogP contribution in [0.15, 0.2) is 61.2 Å². The maximum atomic E-state index is 9.32. The molecule has 0 saturated carbocycles. The highest BCUT2D eigenvalue weighted by Gasteiger charge is 2.05. The molecular formula is C18H14ClNO. The molecule has 2 nitrogen and oxygen atoms in total. The average Bonchev–Trinajstić information content (AvgIpc) is 2.52. The SMILES string of the molecule is C=CCOc1ccc(C=C(C#N)c2ccccc2Cl)cc1.